The molecule has 3 rings (SSSR count). The Bertz CT molecular complexity index is 614. The van der Waals surface area contributed by atoms with E-state index in [1.54, 1.807) is 17.0 Å². The Kier molecular flexibility index (Phi) is 5.11. The summed E-state index contributed by atoms with van der Waals surface area (Å²) in [5, 5.41) is 10.8. The van der Waals surface area contributed by atoms with Crippen molar-refractivity contribution in [1.82, 2.24) is 9.80 Å². The molecule has 1 aromatic carbocycles. The van der Waals surface area contributed by atoms with Crippen LogP contribution in [0.1, 0.15) is 30.1 Å². The molecular weight excluding hydrogens is 310 g/mol. The number of ether oxygens (including phenoxy) is 1. The second kappa shape index (κ2) is 7.27. The molecule has 0 radical (unpaired) electrons. The lowest BCUT2D eigenvalue weighted by atomic mass is 10.1. The lowest BCUT2D eigenvalue weighted by Crippen LogP contribution is -2.50. The van der Waals surface area contributed by atoms with Gasteiger partial charge in [0.25, 0.3) is 11.6 Å². The SMILES string of the molecule is C[C@H]1CC[C@H](CN2CCN(C(=O)c3cccc([N+](=O)[O-])c3)CC2)O1. The zero-order valence-corrected chi connectivity index (χ0v) is 13.9. The zero-order valence-electron chi connectivity index (χ0n) is 13.9. The number of benzene rings is 1. The highest BCUT2D eigenvalue weighted by Gasteiger charge is 2.27. The number of carbonyl (C=O) groups excluding carboxylic acids is 1. The monoisotopic (exact) mass is 333 g/mol. The van der Waals surface area contributed by atoms with Crippen molar-refractivity contribution in [3.63, 3.8) is 0 Å². The largest absolute Gasteiger partial charge is 0.374 e. The molecule has 0 bridgehead atoms. The molecule has 0 aromatic heterocycles. The molecule has 1 aromatic rings. The van der Waals surface area contributed by atoms with Crippen LogP contribution < -0.4 is 0 Å². The first-order valence-electron chi connectivity index (χ1n) is 8.44. The van der Waals surface area contributed by atoms with E-state index in [-0.39, 0.29) is 11.6 Å². The summed E-state index contributed by atoms with van der Waals surface area (Å²) in [5.74, 6) is -0.135. The van der Waals surface area contributed by atoms with Gasteiger partial charge in [-0.15, -0.1) is 0 Å². The molecule has 0 N–H and O–H groups in total. The predicted octanol–water partition coefficient (Wildman–Crippen LogP) is 1.92. The Morgan fingerprint density at radius 3 is 2.67 bits per heavy atom. The van der Waals surface area contributed by atoms with E-state index in [1.165, 1.54) is 12.1 Å². The van der Waals surface area contributed by atoms with Crippen LogP contribution in [0.2, 0.25) is 0 Å². The van der Waals surface area contributed by atoms with E-state index < -0.39 is 4.92 Å². The Balaban J connectivity index is 1.53. The molecule has 2 heterocycles. The maximum atomic E-state index is 12.5. The summed E-state index contributed by atoms with van der Waals surface area (Å²) in [4.78, 5) is 27.0. The lowest BCUT2D eigenvalue weighted by molar-refractivity contribution is -0.384. The fourth-order valence-electron chi connectivity index (χ4n) is 3.38. The van der Waals surface area contributed by atoms with Gasteiger partial charge >= 0.3 is 0 Å². The van der Waals surface area contributed by atoms with Gasteiger partial charge in [-0.1, -0.05) is 6.07 Å². The standard InChI is InChI=1S/C17H23N3O4/c1-13-5-6-16(24-13)12-18-7-9-19(10-8-18)17(21)14-3-2-4-15(11-14)20(22)23/h2-4,11,13,16H,5-10,12H2,1H3/t13-,16+/m0/s1. The summed E-state index contributed by atoms with van der Waals surface area (Å²) in [6.07, 6.45) is 2.88. The second-order valence-electron chi connectivity index (χ2n) is 6.55. The summed E-state index contributed by atoms with van der Waals surface area (Å²) in [6.45, 7) is 5.94. The number of amides is 1. The van der Waals surface area contributed by atoms with Crippen molar-refractivity contribution in [2.24, 2.45) is 0 Å². The van der Waals surface area contributed by atoms with Crippen LogP contribution in [-0.4, -0.2) is 65.6 Å². The molecule has 1 amide bonds. The molecular formula is C17H23N3O4. The first kappa shape index (κ1) is 16.9. The van der Waals surface area contributed by atoms with Crippen LogP contribution in [-0.2, 0) is 4.74 Å². The van der Waals surface area contributed by atoms with E-state index in [1.807, 2.05) is 0 Å². The van der Waals surface area contributed by atoms with Crippen LogP contribution in [0.3, 0.4) is 0 Å². The van der Waals surface area contributed by atoms with Crippen LogP contribution in [0.25, 0.3) is 0 Å². The highest BCUT2D eigenvalue weighted by atomic mass is 16.6. The Hall–Kier alpha value is -1.99. The van der Waals surface area contributed by atoms with Gasteiger partial charge in [0.15, 0.2) is 0 Å². The first-order valence-corrected chi connectivity index (χ1v) is 8.44. The average Bonchev–Trinajstić information content (AvgIpc) is 3.00. The smallest absolute Gasteiger partial charge is 0.270 e. The maximum absolute atomic E-state index is 12.5. The van der Waals surface area contributed by atoms with Crippen LogP contribution in [0, 0.1) is 10.1 Å². The molecule has 7 nitrogen and oxygen atoms in total. The van der Waals surface area contributed by atoms with E-state index in [4.69, 9.17) is 4.74 Å². The molecule has 2 aliphatic rings. The molecule has 2 saturated heterocycles. The minimum absolute atomic E-state index is 0.0491. The summed E-state index contributed by atoms with van der Waals surface area (Å²) in [6, 6.07) is 5.94. The van der Waals surface area contributed by atoms with Crippen molar-refractivity contribution in [3.8, 4) is 0 Å². The average molecular weight is 333 g/mol. The van der Waals surface area contributed by atoms with Gasteiger partial charge in [0.05, 0.1) is 17.1 Å². The molecule has 130 valence electrons. The highest BCUT2D eigenvalue weighted by molar-refractivity contribution is 5.94. The van der Waals surface area contributed by atoms with E-state index in [0.717, 1.165) is 32.5 Å². The Labute approximate surface area is 141 Å². The summed E-state index contributed by atoms with van der Waals surface area (Å²) in [5.41, 5.74) is 0.331. The zero-order chi connectivity index (χ0) is 17.1. The third-order valence-electron chi connectivity index (χ3n) is 4.75. The number of hydrogen-bond acceptors (Lipinski definition) is 5. The molecule has 2 aliphatic heterocycles. The van der Waals surface area contributed by atoms with Gasteiger partial charge in [-0.25, -0.2) is 0 Å². The van der Waals surface area contributed by atoms with Crippen molar-refractivity contribution < 1.29 is 14.5 Å². The molecule has 0 saturated carbocycles. The van der Waals surface area contributed by atoms with Crippen molar-refractivity contribution in [2.75, 3.05) is 32.7 Å². The first-order chi connectivity index (χ1) is 11.5. The molecule has 0 aliphatic carbocycles. The third kappa shape index (κ3) is 3.91. The Morgan fingerprint density at radius 1 is 1.29 bits per heavy atom. The molecule has 2 atom stereocenters. The maximum Gasteiger partial charge on any atom is 0.270 e. The molecule has 0 unspecified atom stereocenters. The van der Waals surface area contributed by atoms with E-state index in [9.17, 15) is 14.9 Å². The van der Waals surface area contributed by atoms with Gasteiger partial charge in [-0.3, -0.25) is 19.8 Å². The number of piperazine rings is 1. The van der Waals surface area contributed by atoms with E-state index >= 15 is 0 Å². The minimum atomic E-state index is -0.475. The minimum Gasteiger partial charge on any atom is -0.374 e. The highest BCUT2D eigenvalue weighted by Crippen LogP contribution is 2.21. The number of nitro benzene ring substituents is 1. The fraction of sp³-hybridized carbons (Fsp3) is 0.588. The lowest BCUT2D eigenvalue weighted by Gasteiger charge is -2.35. The van der Waals surface area contributed by atoms with Crippen molar-refractivity contribution in [2.45, 2.75) is 32.0 Å². The normalized spacial score (nSPS) is 25.0. The number of carbonyl (C=O) groups is 1. The van der Waals surface area contributed by atoms with E-state index in [2.05, 4.69) is 11.8 Å². The van der Waals surface area contributed by atoms with Gasteiger partial charge < -0.3 is 9.64 Å². The third-order valence-corrected chi connectivity index (χ3v) is 4.75. The number of rotatable bonds is 4. The number of nitro groups is 1. The van der Waals surface area contributed by atoms with Crippen LogP contribution in [0.5, 0.6) is 0 Å². The number of hydrogen-bond donors (Lipinski definition) is 0. The summed E-state index contributed by atoms with van der Waals surface area (Å²) < 4.78 is 5.86. The van der Waals surface area contributed by atoms with Gasteiger partial charge in [0.2, 0.25) is 0 Å². The number of non-ortho nitro benzene ring substituents is 1. The predicted molar refractivity (Wildman–Crippen MR) is 89.0 cm³/mol. The van der Waals surface area contributed by atoms with Gasteiger partial charge in [0, 0.05) is 50.4 Å². The van der Waals surface area contributed by atoms with E-state index in [0.29, 0.717) is 30.9 Å². The van der Waals surface area contributed by atoms with Crippen molar-refractivity contribution in [1.29, 1.82) is 0 Å². The van der Waals surface area contributed by atoms with Gasteiger partial charge in [-0.05, 0) is 25.8 Å². The van der Waals surface area contributed by atoms with Crippen LogP contribution in [0.15, 0.2) is 24.3 Å². The topological polar surface area (TPSA) is 75.9 Å². The molecule has 24 heavy (non-hydrogen) atoms. The molecule has 0 spiro atoms. The quantitative estimate of drug-likeness (QED) is 0.621. The Morgan fingerprint density at radius 2 is 2.04 bits per heavy atom. The molecule has 2 fully saturated rings. The van der Waals surface area contributed by atoms with Gasteiger partial charge in [-0.2, -0.15) is 0 Å². The number of nitrogens with zero attached hydrogens (tertiary/aromatic N) is 3. The van der Waals surface area contributed by atoms with Crippen LogP contribution in [0.4, 0.5) is 5.69 Å². The molecule has 7 heteroatoms. The fourth-order valence-corrected chi connectivity index (χ4v) is 3.38. The van der Waals surface area contributed by atoms with Gasteiger partial charge in [0.1, 0.15) is 0 Å². The second-order valence-corrected chi connectivity index (χ2v) is 6.55. The summed E-state index contributed by atoms with van der Waals surface area (Å²) in [7, 11) is 0. The summed E-state index contributed by atoms with van der Waals surface area (Å²) >= 11 is 0. The van der Waals surface area contributed by atoms with Crippen molar-refractivity contribution >= 4 is 11.6 Å². The van der Waals surface area contributed by atoms with Crippen molar-refractivity contribution in [3.05, 3.63) is 39.9 Å². The van der Waals surface area contributed by atoms with Crippen LogP contribution >= 0.6 is 0 Å².